The van der Waals surface area contributed by atoms with Crippen molar-refractivity contribution in [2.45, 2.75) is 132 Å². The van der Waals surface area contributed by atoms with Gasteiger partial charge in [0.1, 0.15) is 18.3 Å². The molecule has 0 radical (unpaired) electrons. The molecule has 3 aromatic carbocycles. The molecule has 18 heteroatoms. The number of carbonyl (C=O) groups excluding carboxylic acids is 4. The molecule has 6 aromatic rings. The minimum absolute atomic E-state index is 0.0231. The monoisotopic (exact) mass is 1100 g/mol. The third kappa shape index (κ3) is 14.5. The quantitative estimate of drug-likeness (QED) is 0.0515. The van der Waals surface area contributed by atoms with Gasteiger partial charge in [-0.1, -0.05) is 81.4 Å². The molecule has 3 amide bonds. The molecule has 79 heavy (non-hydrogen) atoms. The van der Waals surface area contributed by atoms with Gasteiger partial charge in [-0.3, -0.25) is 24.0 Å². The number of H-pyrrole nitrogens is 1. The van der Waals surface area contributed by atoms with Gasteiger partial charge in [0.25, 0.3) is 11.5 Å². The Bertz CT molecular complexity index is 3140. The molecule has 2 fully saturated rings. The maximum absolute atomic E-state index is 14.1. The van der Waals surface area contributed by atoms with E-state index in [-0.39, 0.29) is 61.5 Å². The van der Waals surface area contributed by atoms with Crippen LogP contribution in [0.4, 0.5) is 5.69 Å². The highest BCUT2D eigenvalue weighted by atomic mass is 32.1. The van der Waals surface area contributed by atoms with E-state index in [4.69, 9.17) is 14.2 Å². The lowest BCUT2D eigenvalue weighted by molar-refractivity contribution is -0.144. The first-order valence-corrected chi connectivity index (χ1v) is 28.5. The van der Waals surface area contributed by atoms with Crippen molar-refractivity contribution in [1.29, 1.82) is 0 Å². The van der Waals surface area contributed by atoms with E-state index in [1.54, 1.807) is 20.9 Å². The zero-order valence-corrected chi connectivity index (χ0v) is 48.1. The second-order valence-electron chi connectivity index (χ2n) is 22.0. The fraction of sp³-hybridized carbons (Fsp3) is 0.475. The molecule has 3 atom stereocenters. The third-order valence-corrected chi connectivity index (χ3v) is 16.2. The zero-order valence-electron chi connectivity index (χ0n) is 47.3. The Hall–Kier alpha value is -6.86. The van der Waals surface area contributed by atoms with E-state index in [1.165, 1.54) is 0 Å². The van der Waals surface area contributed by atoms with Gasteiger partial charge in [-0.25, -0.2) is 9.67 Å². The van der Waals surface area contributed by atoms with Crippen molar-refractivity contribution in [2.75, 3.05) is 57.6 Å². The van der Waals surface area contributed by atoms with Crippen LogP contribution < -0.4 is 21.1 Å². The average molecular weight is 1100 g/mol. The molecule has 0 unspecified atom stereocenters. The van der Waals surface area contributed by atoms with Crippen LogP contribution in [0, 0.1) is 33.1 Å². The maximum Gasteiger partial charge on any atom is 0.253 e. The molecule has 2 saturated heterocycles. The number of aromatic amines is 1. The molecule has 2 aliphatic rings. The van der Waals surface area contributed by atoms with E-state index in [1.807, 2.05) is 103 Å². The van der Waals surface area contributed by atoms with Gasteiger partial charge >= 0.3 is 0 Å². The van der Waals surface area contributed by atoms with E-state index in [0.717, 1.165) is 86.7 Å². The summed E-state index contributed by atoms with van der Waals surface area (Å²) in [6.07, 6.45) is 5.29. The van der Waals surface area contributed by atoms with Gasteiger partial charge in [-0.05, 0) is 123 Å². The summed E-state index contributed by atoms with van der Waals surface area (Å²) in [7, 11) is 0. The number of aryl methyl sites for hydroxylation is 3. The number of Topliss-reactive ketones (excluding diaryl/α,β-unsaturated/α-hetero) is 1. The van der Waals surface area contributed by atoms with Gasteiger partial charge in [0.2, 0.25) is 11.8 Å². The molecule has 2 aliphatic heterocycles. The smallest absolute Gasteiger partial charge is 0.253 e. The molecule has 3 N–H and O–H groups in total. The molecule has 0 saturated carbocycles. The number of nitrogens with one attached hydrogen (secondary N) is 3. The van der Waals surface area contributed by atoms with Gasteiger partial charge in [0, 0.05) is 73.4 Å². The van der Waals surface area contributed by atoms with Gasteiger partial charge in [0.15, 0.2) is 5.78 Å². The predicted molar refractivity (Wildman–Crippen MR) is 308 cm³/mol. The van der Waals surface area contributed by atoms with Gasteiger partial charge in [-0.15, -0.1) is 16.4 Å². The molecular weight excluding hydrogens is 1020 g/mol. The number of thiazole rings is 1. The fourth-order valence-electron chi connectivity index (χ4n) is 10.8. The largest absolute Gasteiger partial charge is 0.381 e. The SMILES string of the molecule is CCN(c1cc(-c2ccc(-c3cn(CCOCCOCC(=O)N[C@H](C(=O)N4CCC[C@H]4C(=O)C[C@@H](C)c4ccc(-c5scnc5C)cc4)C(C)(C)C)nn3)cc2)cc(C(=O)NCc2c(C)cc(C)[nH]c2=O)c1C)C1CCOCC1. The number of ether oxygens (including phenoxy) is 3. The highest BCUT2D eigenvalue weighted by Gasteiger charge is 2.42. The standard InChI is InChI=1S/C61H77N9O8S/c1-10-69(48-21-25-76-26-22-48)53-33-47(32-49(41(53)5)58(73)62-34-50-39(3)30-40(4)64-59(50)74)44-15-17-45(18-16-44)51-35-68(67-66-51)24-27-77-28-29-78-36-55(72)65-57(61(7,8)9)60(75)70-23-11-12-52(70)54(71)31-38(2)43-13-19-46(20-14-43)56-42(6)63-37-79-56/h13-20,30,32-33,35,37-38,48,52,57H,10-12,21-29,31,34,36H2,1-9H3,(H,62,73)(H,64,74)(H,65,72)/t38-,52+,57-/m1/s1. The van der Waals surface area contributed by atoms with Crippen LogP contribution in [0.15, 0.2) is 83.2 Å². The normalized spacial score (nSPS) is 15.7. The van der Waals surface area contributed by atoms with Crippen LogP contribution >= 0.6 is 11.3 Å². The van der Waals surface area contributed by atoms with Crippen molar-refractivity contribution in [2.24, 2.45) is 5.41 Å². The summed E-state index contributed by atoms with van der Waals surface area (Å²) in [5.74, 6) is -0.917. The first-order chi connectivity index (χ1) is 37.9. The minimum Gasteiger partial charge on any atom is -0.381 e. The Labute approximate surface area is 467 Å². The second kappa shape index (κ2) is 26.4. The summed E-state index contributed by atoms with van der Waals surface area (Å²) < 4.78 is 18.9. The molecule has 3 aromatic heterocycles. The molecule has 5 heterocycles. The van der Waals surface area contributed by atoms with E-state index in [2.05, 4.69) is 73.1 Å². The summed E-state index contributed by atoms with van der Waals surface area (Å²) in [5, 5.41) is 14.7. The van der Waals surface area contributed by atoms with Gasteiger partial charge in [0.05, 0.1) is 54.7 Å². The van der Waals surface area contributed by atoms with Crippen molar-refractivity contribution in [3.05, 3.63) is 128 Å². The molecule has 8 rings (SSSR count). The number of carbonyl (C=O) groups is 4. The van der Waals surface area contributed by atoms with Gasteiger partial charge < -0.3 is 39.6 Å². The maximum atomic E-state index is 14.1. The Balaban J connectivity index is 0.805. The summed E-state index contributed by atoms with van der Waals surface area (Å²) in [4.78, 5) is 80.4. The van der Waals surface area contributed by atoms with Crippen LogP contribution in [-0.4, -0.2) is 124 Å². The Morgan fingerprint density at radius 2 is 1.61 bits per heavy atom. The summed E-state index contributed by atoms with van der Waals surface area (Å²) in [6, 6.07) is 21.2. The van der Waals surface area contributed by atoms with Gasteiger partial charge in [-0.2, -0.15) is 0 Å². The first-order valence-electron chi connectivity index (χ1n) is 27.7. The van der Waals surface area contributed by atoms with Crippen molar-refractivity contribution >= 4 is 40.5 Å². The van der Waals surface area contributed by atoms with Crippen LogP contribution in [0.5, 0.6) is 0 Å². The van der Waals surface area contributed by atoms with Crippen LogP contribution in [0.1, 0.15) is 117 Å². The highest BCUT2D eigenvalue weighted by molar-refractivity contribution is 7.13. The van der Waals surface area contributed by atoms with Crippen LogP contribution in [-0.2, 0) is 41.7 Å². The fourth-order valence-corrected chi connectivity index (χ4v) is 11.6. The lowest BCUT2D eigenvalue weighted by Crippen LogP contribution is -2.57. The van der Waals surface area contributed by atoms with Crippen molar-refractivity contribution < 1.29 is 33.4 Å². The van der Waals surface area contributed by atoms with E-state index in [9.17, 15) is 24.0 Å². The molecule has 0 spiro atoms. The number of benzene rings is 3. The molecule has 0 bridgehead atoms. The van der Waals surface area contributed by atoms with Crippen molar-refractivity contribution in [1.82, 2.24) is 40.5 Å². The molecule has 420 valence electrons. The van der Waals surface area contributed by atoms with Crippen molar-refractivity contribution in [3.63, 3.8) is 0 Å². The second-order valence-corrected chi connectivity index (χ2v) is 22.9. The predicted octanol–water partition coefficient (Wildman–Crippen LogP) is 8.91. The Morgan fingerprint density at radius 3 is 2.29 bits per heavy atom. The number of rotatable bonds is 23. The lowest BCUT2D eigenvalue weighted by Gasteiger charge is -2.37. The van der Waals surface area contributed by atoms with Crippen LogP contribution in [0.2, 0.25) is 0 Å². The summed E-state index contributed by atoms with van der Waals surface area (Å²) in [5.41, 5.74) is 12.1. The number of anilines is 1. The highest BCUT2D eigenvalue weighted by Crippen LogP contribution is 2.36. The minimum atomic E-state index is -0.845. The number of hydrogen-bond donors (Lipinski definition) is 3. The third-order valence-electron chi connectivity index (χ3n) is 15.3. The number of likely N-dealkylation sites (tertiary alicyclic amines) is 1. The molecule has 17 nitrogen and oxygen atoms in total. The number of aromatic nitrogens is 5. The lowest BCUT2D eigenvalue weighted by atomic mass is 9.85. The van der Waals surface area contributed by atoms with E-state index in [0.29, 0.717) is 62.6 Å². The molecular formula is C61H77N9O8S. The van der Waals surface area contributed by atoms with Crippen LogP contribution in [0.3, 0.4) is 0 Å². The first kappa shape index (κ1) is 58.3. The number of ketones is 1. The Kier molecular flexibility index (Phi) is 19.5. The van der Waals surface area contributed by atoms with E-state index < -0.39 is 23.4 Å². The summed E-state index contributed by atoms with van der Waals surface area (Å²) >= 11 is 1.61. The van der Waals surface area contributed by atoms with E-state index >= 15 is 0 Å². The molecule has 0 aliphatic carbocycles. The number of pyridine rings is 1. The topological polar surface area (TPSA) is 203 Å². The summed E-state index contributed by atoms with van der Waals surface area (Å²) in [6.45, 7) is 21.3. The van der Waals surface area contributed by atoms with Crippen molar-refractivity contribution in [3.8, 4) is 32.8 Å². The van der Waals surface area contributed by atoms with Crippen LogP contribution in [0.25, 0.3) is 32.8 Å². The Morgan fingerprint density at radius 1 is 0.899 bits per heavy atom. The average Bonchev–Trinajstić information content (AvgIpc) is 4.24. The zero-order chi connectivity index (χ0) is 56.4. The number of nitrogens with zero attached hydrogens (tertiary/aromatic N) is 6. The number of hydrogen-bond acceptors (Lipinski definition) is 13. The number of amides is 3.